The fourth-order valence-corrected chi connectivity index (χ4v) is 2.85. The molecule has 0 atom stereocenters. The number of hydrogen-bond acceptors (Lipinski definition) is 3. The number of carbonyl (C=O) groups is 1. The first-order valence-electron chi connectivity index (χ1n) is 7.41. The van der Waals surface area contributed by atoms with Crippen molar-refractivity contribution in [2.24, 2.45) is 5.92 Å². The van der Waals surface area contributed by atoms with Crippen molar-refractivity contribution in [3.8, 4) is 0 Å². The molecule has 0 bridgehead atoms. The van der Waals surface area contributed by atoms with Crippen LogP contribution in [0.4, 0.5) is 0 Å². The molecule has 0 spiro atoms. The van der Waals surface area contributed by atoms with E-state index in [1.165, 1.54) is 25.9 Å². The van der Waals surface area contributed by atoms with Crippen molar-refractivity contribution in [3.63, 3.8) is 0 Å². The first kappa shape index (κ1) is 13.8. The van der Waals surface area contributed by atoms with Crippen LogP contribution < -0.4 is 0 Å². The van der Waals surface area contributed by atoms with Gasteiger partial charge in [0.2, 0.25) is 5.91 Å². The molecule has 0 saturated carbocycles. The minimum Gasteiger partial charge on any atom is -0.340 e. The molecule has 2 aliphatic heterocycles. The molecule has 0 aromatic carbocycles. The van der Waals surface area contributed by atoms with E-state index < -0.39 is 0 Å². The van der Waals surface area contributed by atoms with Crippen LogP contribution in [0, 0.1) is 5.92 Å². The summed E-state index contributed by atoms with van der Waals surface area (Å²) < 4.78 is 0. The SMILES string of the molecule is CCC(=O)N1CCN(CN2CCC(C)CC2)CC1. The molecule has 4 nitrogen and oxygen atoms in total. The molecular formula is C14H27N3O. The van der Waals surface area contributed by atoms with E-state index in [1.54, 1.807) is 0 Å². The van der Waals surface area contributed by atoms with Gasteiger partial charge in [0.1, 0.15) is 0 Å². The lowest BCUT2D eigenvalue weighted by Crippen LogP contribution is -2.52. The number of piperidine rings is 1. The van der Waals surface area contributed by atoms with E-state index in [9.17, 15) is 4.79 Å². The summed E-state index contributed by atoms with van der Waals surface area (Å²) in [7, 11) is 0. The molecule has 2 fully saturated rings. The van der Waals surface area contributed by atoms with Gasteiger partial charge in [-0.2, -0.15) is 0 Å². The lowest BCUT2D eigenvalue weighted by molar-refractivity contribution is -0.132. The molecule has 2 heterocycles. The molecule has 0 N–H and O–H groups in total. The predicted molar refractivity (Wildman–Crippen MR) is 73.3 cm³/mol. The van der Waals surface area contributed by atoms with Crippen LogP contribution in [-0.2, 0) is 4.79 Å². The molecule has 1 amide bonds. The second-order valence-electron chi connectivity index (χ2n) is 5.79. The van der Waals surface area contributed by atoms with Crippen LogP contribution >= 0.6 is 0 Å². The van der Waals surface area contributed by atoms with Crippen LogP contribution in [-0.4, -0.2) is 66.5 Å². The lowest BCUT2D eigenvalue weighted by Gasteiger charge is -2.39. The normalized spacial score (nSPS) is 24.4. The Morgan fingerprint density at radius 3 is 2.11 bits per heavy atom. The summed E-state index contributed by atoms with van der Waals surface area (Å²) in [6.07, 6.45) is 3.33. The minimum atomic E-state index is 0.307. The fourth-order valence-electron chi connectivity index (χ4n) is 2.85. The van der Waals surface area contributed by atoms with Gasteiger partial charge in [-0.1, -0.05) is 13.8 Å². The summed E-state index contributed by atoms with van der Waals surface area (Å²) >= 11 is 0. The van der Waals surface area contributed by atoms with Crippen molar-refractivity contribution in [2.45, 2.75) is 33.1 Å². The summed E-state index contributed by atoms with van der Waals surface area (Å²) in [5, 5.41) is 0. The number of likely N-dealkylation sites (tertiary alicyclic amines) is 1. The maximum absolute atomic E-state index is 11.6. The number of piperazine rings is 1. The van der Waals surface area contributed by atoms with Crippen LogP contribution in [0.25, 0.3) is 0 Å². The van der Waals surface area contributed by atoms with Gasteiger partial charge in [0, 0.05) is 32.6 Å². The highest BCUT2D eigenvalue weighted by molar-refractivity contribution is 5.75. The minimum absolute atomic E-state index is 0.307. The van der Waals surface area contributed by atoms with Crippen LogP contribution in [0.15, 0.2) is 0 Å². The third-order valence-corrected chi connectivity index (χ3v) is 4.30. The Morgan fingerprint density at radius 2 is 1.56 bits per heavy atom. The third-order valence-electron chi connectivity index (χ3n) is 4.30. The van der Waals surface area contributed by atoms with Gasteiger partial charge in [0.15, 0.2) is 0 Å². The molecule has 4 heteroatoms. The Labute approximate surface area is 111 Å². The second-order valence-corrected chi connectivity index (χ2v) is 5.79. The average Bonchev–Trinajstić information content (AvgIpc) is 2.41. The van der Waals surface area contributed by atoms with E-state index in [2.05, 4.69) is 16.7 Å². The zero-order chi connectivity index (χ0) is 13.0. The van der Waals surface area contributed by atoms with E-state index >= 15 is 0 Å². The maximum Gasteiger partial charge on any atom is 0.222 e. The van der Waals surface area contributed by atoms with Gasteiger partial charge >= 0.3 is 0 Å². The van der Waals surface area contributed by atoms with Gasteiger partial charge in [-0.25, -0.2) is 0 Å². The molecule has 0 unspecified atom stereocenters. The Balaban J connectivity index is 1.69. The van der Waals surface area contributed by atoms with Crippen molar-refractivity contribution in [1.29, 1.82) is 0 Å². The summed E-state index contributed by atoms with van der Waals surface area (Å²) in [6, 6.07) is 0. The Kier molecular flexibility index (Phi) is 5.01. The van der Waals surface area contributed by atoms with Crippen LogP contribution in [0.3, 0.4) is 0 Å². The molecule has 0 aromatic rings. The number of carbonyl (C=O) groups excluding carboxylic acids is 1. The van der Waals surface area contributed by atoms with Gasteiger partial charge in [0.25, 0.3) is 0 Å². The van der Waals surface area contributed by atoms with Gasteiger partial charge in [0.05, 0.1) is 6.67 Å². The topological polar surface area (TPSA) is 26.8 Å². The summed E-state index contributed by atoms with van der Waals surface area (Å²) in [5.74, 6) is 1.21. The second kappa shape index (κ2) is 6.53. The van der Waals surface area contributed by atoms with Crippen LogP contribution in [0.5, 0.6) is 0 Å². The maximum atomic E-state index is 11.6. The Morgan fingerprint density at radius 1 is 1.00 bits per heavy atom. The van der Waals surface area contributed by atoms with Crippen LogP contribution in [0.2, 0.25) is 0 Å². The number of amides is 1. The quantitative estimate of drug-likeness (QED) is 0.757. The van der Waals surface area contributed by atoms with E-state index in [4.69, 9.17) is 0 Å². The molecule has 2 saturated heterocycles. The monoisotopic (exact) mass is 253 g/mol. The van der Waals surface area contributed by atoms with Gasteiger partial charge in [-0.05, 0) is 31.8 Å². The van der Waals surface area contributed by atoms with Gasteiger partial charge in [-0.3, -0.25) is 14.6 Å². The average molecular weight is 253 g/mol. The highest BCUT2D eigenvalue weighted by Crippen LogP contribution is 2.16. The first-order chi connectivity index (χ1) is 8.69. The smallest absolute Gasteiger partial charge is 0.222 e. The summed E-state index contributed by atoms with van der Waals surface area (Å²) in [4.78, 5) is 18.7. The first-order valence-corrected chi connectivity index (χ1v) is 7.41. The molecule has 2 aliphatic rings. The lowest BCUT2D eigenvalue weighted by atomic mass is 10.00. The van der Waals surface area contributed by atoms with E-state index in [0.29, 0.717) is 12.3 Å². The van der Waals surface area contributed by atoms with Crippen molar-refractivity contribution in [1.82, 2.24) is 14.7 Å². The molecule has 104 valence electrons. The highest BCUT2D eigenvalue weighted by Gasteiger charge is 2.22. The van der Waals surface area contributed by atoms with E-state index in [1.807, 2.05) is 11.8 Å². The molecule has 0 aliphatic carbocycles. The number of rotatable bonds is 3. The van der Waals surface area contributed by atoms with Crippen molar-refractivity contribution >= 4 is 5.91 Å². The van der Waals surface area contributed by atoms with Crippen molar-refractivity contribution in [2.75, 3.05) is 45.9 Å². The number of nitrogens with zero attached hydrogens (tertiary/aromatic N) is 3. The van der Waals surface area contributed by atoms with Crippen molar-refractivity contribution in [3.05, 3.63) is 0 Å². The van der Waals surface area contributed by atoms with Crippen LogP contribution in [0.1, 0.15) is 33.1 Å². The third kappa shape index (κ3) is 3.69. The molecule has 2 rings (SSSR count). The fraction of sp³-hybridized carbons (Fsp3) is 0.929. The molecule has 18 heavy (non-hydrogen) atoms. The highest BCUT2D eigenvalue weighted by atomic mass is 16.2. The van der Waals surface area contributed by atoms with E-state index in [-0.39, 0.29) is 0 Å². The predicted octanol–water partition coefficient (Wildman–Crippen LogP) is 1.23. The number of hydrogen-bond donors (Lipinski definition) is 0. The molecule has 0 radical (unpaired) electrons. The van der Waals surface area contributed by atoms with Crippen molar-refractivity contribution < 1.29 is 4.79 Å². The largest absolute Gasteiger partial charge is 0.340 e. The zero-order valence-electron chi connectivity index (χ0n) is 11.9. The standard InChI is InChI=1S/C14H27N3O/c1-3-14(18)17-10-8-16(9-11-17)12-15-6-4-13(2)5-7-15/h13H,3-12H2,1-2H3. The Hall–Kier alpha value is -0.610. The Bertz CT molecular complexity index is 266. The van der Waals surface area contributed by atoms with Gasteiger partial charge < -0.3 is 4.90 Å². The summed E-state index contributed by atoms with van der Waals surface area (Å²) in [5.41, 5.74) is 0. The molecule has 0 aromatic heterocycles. The molecular weight excluding hydrogens is 226 g/mol. The van der Waals surface area contributed by atoms with Gasteiger partial charge in [-0.15, -0.1) is 0 Å². The summed E-state index contributed by atoms with van der Waals surface area (Å²) in [6.45, 7) is 11.8. The van der Waals surface area contributed by atoms with E-state index in [0.717, 1.165) is 38.8 Å². The zero-order valence-corrected chi connectivity index (χ0v) is 11.9.